The average Bonchev–Trinajstić information content (AvgIpc) is 3.52. The summed E-state index contributed by atoms with van der Waals surface area (Å²) in [5.41, 5.74) is 1.45. The molecule has 1 aromatic heterocycles. The van der Waals surface area contributed by atoms with E-state index in [9.17, 15) is 9.59 Å². The first-order valence-corrected chi connectivity index (χ1v) is 9.33. The first kappa shape index (κ1) is 15.4. The Hall–Kier alpha value is -2.14. The quantitative estimate of drug-likeness (QED) is 0.867. The summed E-state index contributed by atoms with van der Waals surface area (Å²) in [6.45, 7) is 0.682. The highest BCUT2D eigenvalue weighted by Gasteiger charge is 2.33. The van der Waals surface area contributed by atoms with E-state index in [0.29, 0.717) is 18.2 Å². The van der Waals surface area contributed by atoms with Crippen LogP contribution in [0.25, 0.3) is 0 Å². The number of nitrogens with one attached hydrogen (secondary N) is 1. The van der Waals surface area contributed by atoms with E-state index in [-0.39, 0.29) is 17.7 Å². The Morgan fingerprint density at radius 2 is 1.83 bits per heavy atom. The molecule has 0 unspecified atom stereocenters. The smallest absolute Gasteiger partial charge is 0.254 e. The molecule has 124 valence electrons. The lowest BCUT2D eigenvalue weighted by atomic mass is 10.1. The molecule has 0 aliphatic heterocycles. The van der Waals surface area contributed by atoms with Crippen molar-refractivity contribution in [3.05, 3.63) is 52.2 Å². The fourth-order valence-corrected chi connectivity index (χ4v) is 3.48. The number of amides is 2. The van der Waals surface area contributed by atoms with E-state index in [0.717, 1.165) is 31.4 Å². The zero-order chi connectivity index (χ0) is 16.5. The monoisotopic (exact) mass is 340 g/mol. The van der Waals surface area contributed by atoms with E-state index in [1.54, 1.807) is 11.3 Å². The fraction of sp³-hybridized carbons (Fsp3) is 0.368. The lowest BCUT2D eigenvalue weighted by molar-refractivity contribution is -0.117. The van der Waals surface area contributed by atoms with Gasteiger partial charge in [0, 0.05) is 28.1 Å². The number of nitrogens with zero attached hydrogens (tertiary/aromatic N) is 1. The lowest BCUT2D eigenvalue weighted by Gasteiger charge is -2.22. The van der Waals surface area contributed by atoms with Crippen LogP contribution in [0.15, 0.2) is 41.8 Å². The summed E-state index contributed by atoms with van der Waals surface area (Å²) in [6.07, 6.45) is 4.15. The van der Waals surface area contributed by atoms with Gasteiger partial charge in [0.15, 0.2) is 0 Å². The van der Waals surface area contributed by atoms with Crippen molar-refractivity contribution in [3.8, 4) is 0 Å². The van der Waals surface area contributed by atoms with Crippen molar-refractivity contribution in [1.82, 2.24) is 4.90 Å². The van der Waals surface area contributed by atoms with E-state index >= 15 is 0 Å². The first-order chi connectivity index (χ1) is 11.7. The van der Waals surface area contributed by atoms with Gasteiger partial charge in [-0.15, -0.1) is 11.3 Å². The van der Waals surface area contributed by atoms with Gasteiger partial charge in [-0.25, -0.2) is 0 Å². The minimum absolute atomic E-state index is 0.0750. The van der Waals surface area contributed by atoms with E-state index in [1.165, 1.54) is 4.88 Å². The van der Waals surface area contributed by atoms with Crippen LogP contribution in [0.2, 0.25) is 0 Å². The Bertz CT molecular complexity index is 731. The number of carbonyl (C=O) groups excluding carboxylic acids is 2. The first-order valence-electron chi connectivity index (χ1n) is 8.45. The molecule has 4 nitrogen and oxygen atoms in total. The minimum atomic E-state index is 0.0750. The fourth-order valence-electron chi connectivity index (χ4n) is 2.78. The third kappa shape index (κ3) is 3.51. The van der Waals surface area contributed by atoms with E-state index in [4.69, 9.17) is 0 Å². The van der Waals surface area contributed by atoms with Gasteiger partial charge in [0.2, 0.25) is 5.91 Å². The van der Waals surface area contributed by atoms with Crippen molar-refractivity contribution in [2.45, 2.75) is 38.3 Å². The van der Waals surface area contributed by atoms with Crippen LogP contribution in [-0.4, -0.2) is 22.8 Å². The zero-order valence-corrected chi connectivity index (χ0v) is 14.2. The largest absolute Gasteiger partial charge is 0.331 e. The van der Waals surface area contributed by atoms with Gasteiger partial charge >= 0.3 is 0 Å². The molecular formula is C19H20N2O2S. The Morgan fingerprint density at radius 3 is 2.42 bits per heavy atom. The number of benzene rings is 1. The third-order valence-corrected chi connectivity index (χ3v) is 5.36. The Labute approximate surface area is 145 Å². The molecule has 2 amide bonds. The molecule has 2 saturated carbocycles. The van der Waals surface area contributed by atoms with Gasteiger partial charge in [-0.3, -0.25) is 9.59 Å². The number of carbonyl (C=O) groups is 2. The van der Waals surface area contributed by atoms with Gasteiger partial charge in [-0.2, -0.15) is 0 Å². The molecule has 1 N–H and O–H groups in total. The van der Waals surface area contributed by atoms with Gasteiger partial charge in [-0.1, -0.05) is 6.07 Å². The molecule has 5 heteroatoms. The van der Waals surface area contributed by atoms with Crippen LogP contribution in [0, 0.1) is 5.92 Å². The summed E-state index contributed by atoms with van der Waals surface area (Å²) < 4.78 is 0. The van der Waals surface area contributed by atoms with Gasteiger partial charge in [-0.05, 0) is 61.4 Å². The van der Waals surface area contributed by atoms with Crippen molar-refractivity contribution in [2.75, 3.05) is 5.32 Å². The number of anilines is 1. The summed E-state index contributed by atoms with van der Waals surface area (Å²) in [6, 6.07) is 11.7. The second-order valence-corrected chi connectivity index (χ2v) is 7.62. The minimum Gasteiger partial charge on any atom is -0.331 e. The second kappa shape index (κ2) is 6.40. The SMILES string of the molecule is O=C(Nc1ccc(C(=O)N(Cc2cccs2)C2CC2)cc1)C1CC1. The van der Waals surface area contributed by atoms with Crippen LogP contribution in [-0.2, 0) is 11.3 Å². The van der Waals surface area contributed by atoms with Crippen molar-refractivity contribution >= 4 is 28.8 Å². The van der Waals surface area contributed by atoms with E-state index in [1.807, 2.05) is 40.6 Å². The average molecular weight is 340 g/mol. The third-order valence-electron chi connectivity index (χ3n) is 4.50. The highest BCUT2D eigenvalue weighted by Crippen LogP contribution is 2.32. The molecule has 2 aliphatic carbocycles. The van der Waals surface area contributed by atoms with Crippen LogP contribution in [0.5, 0.6) is 0 Å². The van der Waals surface area contributed by atoms with Crippen molar-refractivity contribution in [2.24, 2.45) is 5.92 Å². The van der Waals surface area contributed by atoms with Gasteiger partial charge < -0.3 is 10.2 Å². The van der Waals surface area contributed by atoms with E-state index in [2.05, 4.69) is 11.4 Å². The van der Waals surface area contributed by atoms with Gasteiger partial charge in [0.1, 0.15) is 0 Å². The topological polar surface area (TPSA) is 49.4 Å². The van der Waals surface area contributed by atoms with Crippen LogP contribution >= 0.6 is 11.3 Å². The second-order valence-electron chi connectivity index (χ2n) is 6.58. The summed E-state index contributed by atoms with van der Waals surface area (Å²) >= 11 is 1.69. The molecule has 2 aromatic rings. The summed E-state index contributed by atoms with van der Waals surface area (Å²) in [5.74, 6) is 0.347. The summed E-state index contributed by atoms with van der Waals surface area (Å²) in [5, 5.41) is 4.95. The van der Waals surface area contributed by atoms with Crippen molar-refractivity contribution in [1.29, 1.82) is 0 Å². The van der Waals surface area contributed by atoms with Crippen LogP contribution in [0.3, 0.4) is 0 Å². The normalized spacial score (nSPS) is 16.7. The summed E-state index contributed by atoms with van der Waals surface area (Å²) in [4.78, 5) is 27.8. The molecule has 0 bridgehead atoms. The standard InChI is InChI=1S/C19H20N2O2S/c22-18(13-3-4-13)20-15-7-5-14(6-8-15)19(23)21(16-9-10-16)12-17-2-1-11-24-17/h1-2,5-8,11,13,16H,3-4,9-10,12H2,(H,20,22). The molecule has 0 spiro atoms. The number of hydrogen-bond acceptors (Lipinski definition) is 3. The molecule has 1 heterocycles. The summed E-state index contributed by atoms with van der Waals surface area (Å²) in [7, 11) is 0. The van der Waals surface area contributed by atoms with E-state index < -0.39 is 0 Å². The van der Waals surface area contributed by atoms with Crippen LogP contribution in [0.4, 0.5) is 5.69 Å². The molecule has 2 fully saturated rings. The molecule has 4 rings (SSSR count). The maximum absolute atomic E-state index is 12.8. The molecule has 0 saturated heterocycles. The molecule has 1 aromatic carbocycles. The van der Waals surface area contributed by atoms with Gasteiger partial charge in [0.25, 0.3) is 5.91 Å². The molecule has 24 heavy (non-hydrogen) atoms. The molecule has 0 atom stereocenters. The molecule has 2 aliphatic rings. The Balaban J connectivity index is 1.44. The van der Waals surface area contributed by atoms with Gasteiger partial charge in [0.05, 0.1) is 6.54 Å². The van der Waals surface area contributed by atoms with Crippen LogP contribution < -0.4 is 5.32 Å². The van der Waals surface area contributed by atoms with Crippen molar-refractivity contribution < 1.29 is 9.59 Å². The zero-order valence-electron chi connectivity index (χ0n) is 13.4. The predicted octanol–water partition coefficient (Wildman–Crippen LogP) is 3.90. The highest BCUT2D eigenvalue weighted by molar-refractivity contribution is 7.09. The Kier molecular flexibility index (Phi) is 4.10. The highest BCUT2D eigenvalue weighted by atomic mass is 32.1. The Morgan fingerprint density at radius 1 is 1.08 bits per heavy atom. The number of rotatable bonds is 6. The number of thiophene rings is 1. The maximum Gasteiger partial charge on any atom is 0.254 e. The molecular weight excluding hydrogens is 320 g/mol. The lowest BCUT2D eigenvalue weighted by Crippen LogP contribution is -2.32. The van der Waals surface area contributed by atoms with Crippen LogP contribution in [0.1, 0.15) is 40.9 Å². The van der Waals surface area contributed by atoms with Crippen molar-refractivity contribution in [3.63, 3.8) is 0 Å². The maximum atomic E-state index is 12.8. The molecule has 0 radical (unpaired) electrons. The number of hydrogen-bond donors (Lipinski definition) is 1. The predicted molar refractivity (Wildman–Crippen MR) is 95.0 cm³/mol.